The van der Waals surface area contributed by atoms with Crippen LogP contribution in [-0.2, 0) is 30.5 Å². The molecule has 4 amide bonds. The van der Waals surface area contributed by atoms with Gasteiger partial charge in [0.05, 0.1) is 33.7 Å². The fourth-order valence-corrected chi connectivity index (χ4v) is 11.6. The van der Waals surface area contributed by atoms with Crippen molar-refractivity contribution in [1.29, 1.82) is 0 Å². The van der Waals surface area contributed by atoms with Crippen molar-refractivity contribution in [3.63, 3.8) is 0 Å². The van der Waals surface area contributed by atoms with Crippen molar-refractivity contribution >= 4 is 62.0 Å². The molecule has 1 saturated carbocycles. The number of piperidine rings is 1. The summed E-state index contributed by atoms with van der Waals surface area (Å²) >= 11 is 1.64. The third kappa shape index (κ3) is 10.6. The molecule has 2 unspecified atom stereocenters. The number of piperazine rings is 1. The molecule has 16 nitrogen and oxygen atoms in total. The molecule has 9 rings (SSSR count). The van der Waals surface area contributed by atoms with E-state index in [0.29, 0.717) is 30.8 Å². The Kier molecular flexibility index (Phi) is 15.0. The first-order chi connectivity index (χ1) is 33.4. The molecular weight excluding hydrogens is 909 g/mol. The summed E-state index contributed by atoms with van der Waals surface area (Å²) in [7, 11) is 1.70. The zero-order valence-corrected chi connectivity index (χ0v) is 40.9. The Morgan fingerprint density at radius 3 is 2.48 bits per heavy atom. The molecule has 19 heteroatoms. The van der Waals surface area contributed by atoms with Gasteiger partial charge in [0.2, 0.25) is 23.6 Å². The molecule has 0 bridgehead atoms. The van der Waals surface area contributed by atoms with Gasteiger partial charge in [-0.2, -0.15) is 0 Å². The number of benzene rings is 1. The van der Waals surface area contributed by atoms with Crippen LogP contribution >= 0.6 is 11.3 Å². The zero-order valence-electron chi connectivity index (χ0n) is 40.0. The molecule has 69 heavy (non-hydrogen) atoms. The second-order valence-corrected chi connectivity index (χ2v) is 20.5. The first-order valence-corrected chi connectivity index (χ1v) is 25.7. The van der Waals surface area contributed by atoms with Gasteiger partial charge in [-0.15, -0.1) is 11.3 Å². The molecule has 2 N–H and O–H groups in total. The standard InChI is InChI=1S/C50H65F2N9O7S/c1-30-26-58(50(65)45(33-9-6-5-7-10-33)55-47(63)32(3)53-4)20-21-59(30)49(64)41-24-34-23-37(51)38(52)25-40(34)61(41)28-44(62)60-17-8-11-35(60)29-66-48-31(2)43(68-56-48)27-57-18-13-36(14-19-57)67-42-12-16-54-39-15-22-69-46(39)42/h12,15-16,22-25,30-33,35-36,43,45,53H,5-11,13-14,17-21,26-29H2,1-4H3,(H,55,63)/t30-,31?,32-,35-,43?,45-/m0/s1. The number of nitrogens with one attached hydrogen (secondary N) is 2. The summed E-state index contributed by atoms with van der Waals surface area (Å²) < 4.78 is 44.8. The lowest BCUT2D eigenvalue weighted by molar-refractivity contribution is -0.140. The number of fused-ring (bicyclic) bond motifs is 2. The fraction of sp³-hybridized carbons (Fsp3) is 0.600. The summed E-state index contributed by atoms with van der Waals surface area (Å²) in [5.74, 6) is -1.93. The number of nitrogens with zero attached hydrogens (tertiary/aromatic N) is 7. The van der Waals surface area contributed by atoms with Crippen molar-refractivity contribution in [3.8, 4) is 5.75 Å². The Morgan fingerprint density at radius 1 is 0.928 bits per heavy atom. The predicted molar refractivity (Wildman–Crippen MR) is 258 cm³/mol. The molecule has 5 aliphatic rings. The van der Waals surface area contributed by atoms with Crippen LogP contribution in [0.1, 0.15) is 89.0 Å². The number of halogens is 2. The SMILES string of the molecule is CN[C@@H](C)C(=O)N[C@H](C(=O)N1CCN(C(=O)c2cc3cc(F)c(F)cc3n2CC(=O)N2CCC[C@H]2COC2=NOC(CN3CCC(Oc4ccnc5ccsc45)CC3)C2C)[C@@H](C)C1)C1CCCCC1. The van der Waals surface area contributed by atoms with Crippen LogP contribution in [0.4, 0.5) is 8.78 Å². The Hall–Kier alpha value is -5.40. The van der Waals surface area contributed by atoms with Gasteiger partial charge in [0.15, 0.2) is 17.7 Å². The lowest BCUT2D eigenvalue weighted by Gasteiger charge is -2.42. The van der Waals surface area contributed by atoms with E-state index in [9.17, 15) is 28.0 Å². The van der Waals surface area contributed by atoms with E-state index in [2.05, 4.69) is 25.7 Å². The molecule has 4 aliphatic heterocycles. The molecule has 3 saturated heterocycles. The van der Waals surface area contributed by atoms with Crippen LogP contribution in [-0.4, -0.2) is 155 Å². The fourth-order valence-electron chi connectivity index (χ4n) is 10.8. The lowest BCUT2D eigenvalue weighted by atomic mass is 9.83. The van der Waals surface area contributed by atoms with Crippen LogP contribution in [0.15, 0.2) is 47.1 Å². The summed E-state index contributed by atoms with van der Waals surface area (Å²) in [5, 5.41) is 12.6. The highest BCUT2D eigenvalue weighted by molar-refractivity contribution is 7.17. The van der Waals surface area contributed by atoms with Crippen molar-refractivity contribution in [2.24, 2.45) is 17.0 Å². The maximum absolute atomic E-state index is 14.9. The average Bonchev–Trinajstić information content (AvgIpc) is 4.18. The molecule has 6 atom stereocenters. The maximum atomic E-state index is 14.9. The minimum atomic E-state index is -1.09. The number of rotatable bonds is 14. The monoisotopic (exact) mass is 973 g/mol. The molecule has 1 aliphatic carbocycles. The van der Waals surface area contributed by atoms with Crippen LogP contribution in [0.2, 0.25) is 0 Å². The van der Waals surface area contributed by atoms with Crippen molar-refractivity contribution in [2.75, 3.05) is 59.5 Å². The number of hydrogen-bond acceptors (Lipinski definition) is 12. The van der Waals surface area contributed by atoms with Crippen LogP contribution < -0.4 is 15.4 Å². The van der Waals surface area contributed by atoms with Crippen LogP contribution in [0.25, 0.3) is 21.1 Å². The number of aromatic nitrogens is 2. The maximum Gasteiger partial charge on any atom is 0.270 e. The van der Waals surface area contributed by atoms with Gasteiger partial charge in [0, 0.05) is 69.5 Å². The predicted octanol–water partition coefficient (Wildman–Crippen LogP) is 5.77. The molecule has 7 heterocycles. The molecular formula is C50H65F2N9O7S. The zero-order chi connectivity index (χ0) is 48.3. The summed E-state index contributed by atoms with van der Waals surface area (Å²) in [6.07, 6.45) is 9.77. The average molecular weight is 974 g/mol. The Bertz CT molecular complexity index is 2540. The highest BCUT2D eigenvalue weighted by atomic mass is 32.1. The van der Waals surface area contributed by atoms with E-state index in [1.165, 1.54) is 10.6 Å². The molecule has 372 valence electrons. The van der Waals surface area contributed by atoms with E-state index in [-0.39, 0.29) is 91.8 Å². The van der Waals surface area contributed by atoms with Crippen molar-refractivity contribution < 1.29 is 42.3 Å². The van der Waals surface area contributed by atoms with E-state index in [1.54, 1.807) is 46.2 Å². The highest BCUT2D eigenvalue weighted by Crippen LogP contribution is 2.33. The summed E-state index contributed by atoms with van der Waals surface area (Å²) in [6, 6.07) is 5.69. The van der Waals surface area contributed by atoms with Gasteiger partial charge < -0.3 is 44.2 Å². The minimum Gasteiger partial charge on any atom is -0.489 e. The molecule has 1 aromatic carbocycles. The number of amides is 4. The Balaban J connectivity index is 0.807. The second kappa shape index (κ2) is 21.3. The van der Waals surface area contributed by atoms with Crippen LogP contribution in [0, 0.1) is 23.5 Å². The minimum absolute atomic E-state index is 0.0226. The third-order valence-corrected chi connectivity index (χ3v) is 16.0. The van der Waals surface area contributed by atoms with E-state index >= 15 is 0 Å². The van der Waals surface area contributed by atoms with Crippen molar-refractivity contribution in [1.82, 2.24) is 39.8 Å². The van der Waals surface area contributed by atoms with Gasteiger partial charge in [0.25, 0.3) is 5.91 Å². The lowest BCUT2D eigenvalue weighted by Crippen LogP contribution is -2.61. The number of ether oxygens (including phenoxy) is 2. The number of likely N-dealkylation sites (tertiary alicyclic amines) is 2. The van der Waals surface area contributed by atoms with Gasteiger partial charge >= 0.3 is 0 Å². The van der Waals surface area contributed by atoms with Crippen LogP contribution in [0.3, 0.4) is 0 Å². The van der Waals surface area contributed by atoms with Gasteiger partial charge in [0.1, 0.15) is 36.7 Å². The Labute approximate surface area is 405 Å². The third-order valence-electron chi connectivity index (χ3n) is 15.1. The molecule has 4 fully saturated rings. The van der Waals surface area contributed by atoms with E-state index in [4.69, 9.17) is 14.3 Å². The number of thiophene rings is 1. The summed E-state index contributed by atoms with van der Waals surface area (Å²) in [5.41, 5.74) is 1.30. The molecule has 0 spiro atoms. The number of carbonyl (C=O) groups is 4. The first-order valence-electron chi connectivity index (χ1n) is 24.8. The normalized spacial score (nSPS) is 23.8. The van der Waals surface area contributed by atoms with Crippen molar-refractivity contribution in [2.45, 2.75) is 121 Å². The Morgan fingerprint density at radius 2 is 1.71 bits per heavy atom. The van der Waals surface area contributed by atoms with Crippen molar-refractivity contribution in [3.05, 3.63) is 59.2 Å². The van der Waals surface area contributed by atoms with Gasteiger partial charge in [-0.05, 0) is 102 Å². The number of carbonyl (C=O) groups excluding carboxylic acids is 4. The topological polar surface area (TPSA) is 163 Å². The van der Waals surface area contributed by atoms with Crippen LogP contribution in [0.5, 0.6) is 5.75 Å². The number of hydrogen-bond donors (Lipinski definition) is 2. The molecule has 4 aromatic rings. The summed E-state index contributed by atoms with van der Waals surface area (Å²) in [6.45, 7) is 9.15. The largest absolute Gasteiger partial charge is 0.489 e. The smallest absolute Gasteiger partial charge is 0.270 e. The van der Waals surface area contributed by atoms with E-state index in [0.717, 1.165) is 92.6 Å². The van der Waals surface area contributed by atoms with E-state index < -0.39 is 35.7 Å². The second-order valence-electron chi connectivity index (χ2n) is 19.6. The summed E-state index contributed by atoms with van der Waals surface area (Å²) in [4.78, 5) is 73.9. The molecule has 3 aromatic heterocycles. The van der Waals surface area contributed by atoms with Gasteiger partial charge in [-0.1, -0.05) is 24.4 Å². The number of pyridine rings is 1. The van der Waals surface area contributed by atoms with E-state index in [1.807, 2.05) is 31.4 Å². The number of likely N-dealkylation sites (N-methyl/N-ethyl adjacent to an activating group) is 1. The molecule has 0 radical (unpaired) electrons. The number of oxime groups is 1. The van der Waals surface area contributed by atoms with Gasteiger partial charge in [-0.3, -0.25) is 29.1 Å². The highest BCUT2D eigenvalue weighted by Gasteiger charge is 2.40. The quantitative estimate of drug-likeness (QED) is 0.159. The first kappa shape index (κ1) is 48.6. The van der Waals surface area contributed by atoms with Gasteiger partial charge in [-0.25, -0.2) is 8.78 Å².